The van der Waals surface area contributed by atoms with E-state index >= 15 is 0 Å². The van der Waals surface area contributed by atoms with Crippen molar-refractivity contribution in [3.05, 3.63) is 106 Å². The molecule has 0 bridgehead atoms. The first kappa shape index (κ1) is 31.9. The Labute approximate surface area is 277 Å². The molecule has 46 heavy (non-hydrogen) atoms. The number of hydrogen-bond donors (Lipinski definition) is 0. The number of likely N-dealkylation sites (tertiary alicyclic amines) is 1. The fourth-order valence-corrected chi connectivity index (χ4v) is 5.92. The first-order valence-corrected chi connectivity index (χ1v) is 16.0. The Bertz CT molecular complexity index is 1810. The monoisotopic (exact) mass is 662 g/mol. The molecule has 1 saturated heterocycles. The van der Waals surface area contributed by atoms with E-state index in [9.17, 15) is 4.79 Å². The Morgan fingerprint density at radius 3 is 2.57 bits per heavy atom. The van der Waals surface area contributed by atoms with Gasteiger partial charge in [0.15, 0.2) is 5.76 Å². The van der Waals surface area contributed by atoms with Crippen LogP contribution in [0.25, 0.3) is 11.0 Å². The summed E-state index contributed by atoms with van der Waals surface area (Å²) in [6.45, 7) is 8.76. The van der Waals surface area contributed by atoms with Gasteiger partial charge in [-0.1, -0.05) is 40.5 Å². The standard InChI is InChI=1S/C35H36Cl2N4O5/c1-35(2,3)45-34(42)24-7-9-30-31(18-24)41(20-28-11-14-38-46-28)33(39-30)21-40-15-12-26(13-16-40)44-27-6-4-5-23(17-27)22-43-32-10-8-25(36)19-29(32)37/h4-11,14,17-19,26H,12-13,15-16,20-22H2,1-3H3. The number of carbonyl (C=O) groups is 1. The maximum absolute atomic E-state index is 12.8. The van der Waals surface area contributed by atoms with Crippen LogP contribution in [0.1, 0.15) is 61.1 Å². The third-order valence-electron chi connectivity index (χ3n) is 7.66. The summed E-state index contributed by atoms with van der Waals surface area (Å²) in [5.41, 5.74) is 2.53. The minimum Gasteiger partial charge on any atom is -0.490 e. The Hall–Kier alpha value is -4.05. The van der Waals surface area contributed by atoms with Gasteiger partial charge in [-0.15, -0.1) is 0 Å². The van der Waals surface area contributed by atoms with Crippen LogP contribution in [0, 0.1) is 0 Å². The van der Waals surface area contributed by atoms with E-state index in [4.69, 9.17) is 46.9 Å². The van der Waals surface area contributed by atoms with Crippen molar-refractivity contribution < 1.29 is 23.5 Å². The lowest BCUT2D eigenvalue weighted by atomic mass is 10.1. The van der Waals surface area contributed by atoms with Crippen LogP contribution in [-0.2, 0) is 24.4 Å². The second-order valence-corrected chi connectivity index (χ2v) is 13.2. The second-order valence-electron chi connectivity index (χ2n) is 12.4. The van der Waals surface area contributed by atoms with E-state index in [1.54, 1.807) is 30.5 Å². The number of halogens is 2. The molecular formula is C35H36Cl2N4O5. The predicted molar refractivity (Wildman–Crippen MR) is 177 cm³/mol. The van der Waals surface area contributed by atoms with Crippen LogP contribution >= 0.6 is 23.2 Å². The van der Waals surface area contributed by atoms with Gasteiger partial charge in [0.1, 0.15) is 35.6 Å². The lowest BCUT2D eigenvalue weighted by Crippen LogP contribution is -2.38. The van der Waals surface area contributed by atoms with Crippen LogP contribution in [0.2, 0.25) is 10.0 Å². The molecule has 9 nitrogen and oxygen atoms in total. The van der Waals surface area contributed by atoms with Crippen molar-refractivity contribution in [1.82, 2.24) is 19.6 Å². The number of nitrogens with zero attached hydrogens (tertiary/aromatic N) is 4. The average Bonchev–Trinajstić information content (AvgIpc) is 3.65. The average molecular weight is 664 g/mol. The highest BCUT2D eigenvalue weighted by Crippen LogP contribution is 2.29. The lowest BCUT2D eigenvalue weighted by molar-refractivity contribution is 0.00696. The van der Waals surface area contributed by atoms with Crippen LogP contribution < -0.4 is 9.47 Å². The molecule has 240 valence electrons. The van der Waals surface area contributed by atoms with Gasteiger partial charge in [0.2, 0.25) is 0 Å². The van der Waals surface area contributed by atoms with E-state index in [1.807, 2.05) is 63.2 Å². The van der Waals surface area contributed by atoms with Gasteiger partial charge >= 0.3 is 5.97 Å². The SMILES string of the molecule is CC(C)(C)OC(=O)c1ccc2nc(CN3CCC(Oc4cccc(COc5ccc(Cl)cc5Cl)c4)CC3)n(Cc3ccno3)c2c1. The summed E-state index contributed by atoms with van der Waals surface area (Å²) in [6.07, 6.45) is 3.49. The third kappa shape index (κ3) is 8.02. The van der Waals surface area contributed by atoms with Crippen LogP contribution in [0.15, 0.2) is 77.4 Å². The summed E-state index contributed by atoms with van der Waals surface area (Å²) in [5.74, 6) is 2.63. The van der Waals surface area contributed by atoms with E-state index in [0.29, 0.717) is 46.8 Å². The summed E-state index contributed by atoms with van der Waals surface area (Å²) >= 11 is 12.2. The molecule has 3 aromatic carbocycles. The Kier molecular flexibility index (Phi) is 9.54. The van der Waals surface area contributed by atoms with Gasteiger partial charge < -0.3 is 23.3 Å². The van der Waals surface area contributed by atoms with Crippen molar-refractivity contribution in [2.75, 3.05) is 13.1 Å². The number of ether oxygens (including phenoxy) is 3. The molecular weight excluding hydrogens is 627 g/mol. The van der Waals surface area contributed by atoms with E-state index in [0.717, 1.165) is 54.1 Å². The number of benzene rings is 3. The maximum atomic E-state index is 12.8. The molecule has 0 amide bonds. The van der Waals surface area contributed by atoms with Gasteiger partial charge in [0.25, 0.3) is 0 Å². The topological polar surface area (TPSA) is 91.8 Å². The van der Waals surface area contributed by atoms with Crippen molar-refractivity contribution in [3.8, 4) is 11.5 Å². The number of piperidine rings is 1. The van der Waals surface area contributed by atoms with Crippen molar-refractivity contribution in [2.45, 2.75) is 65.0 Å². The Morgan fingerprint density at radius 1 is 1.00 bits per heavy atom. The molecule has 3 heterocycles. The van der Waals surface area contributed by atoms with Crippen molar-refractivity contribution >= 4 is 40.2 Å². The van der Waals surface area contributed by atoms with Crippen molar-refractivity contribution in [3.63, 3.8) is 0 Å². The van der Waals surface area contributed by atoms with Gasteiger partial charge in [-0.25, -0.2) is 9.78 Å². The zero-order valence-corrected chi connectivity index (χ0v) is 27.6. The van der Waals surface area contributed by atoms with Crippen molar-refractivity contribution in [1.29, 1.82) is 0 Å². The highest BCUT2D eigenvalue weighted by Gasteiger charge is 2.24. The number of carbonyl (C=O) groups excluding carboxylic acids is 1. The number of rotatable bonds is 10. The Morgan fingerprint density at radius 2 is 1.83 bits per heavy atom. The summed E-state index contributed by atoms with van der Waals surface area (Å²) in [6, 6.07) is 20.5. The lowest BCUT2D eigenvalue weighted by Gasteiger charge is -2.32. The van der Waals surface area contributed by atoms with Gasteiger partial charge in [-0.2, -0.15) is 0 Å². The number of fused-ring (bicyclic) bond motifs is 1. The Balaban J connectivity index is 1.10. The second kappa shape index (κ2) is 13.7. The first-order chi connectivity index (χ1) is 22.1. The van der Waals surface area contributed by atoms with Crippen LogP contribution in [-0.4, -0.2) is 50.4 Å². The van der Waals surface area contributed by atoms with Crippen LogP contribution in [0.3, 0.4) is 0 Å². The van der Waals surface area contributed by atoms with Crippen molar-refractivity contribution in [2.24, 2.45) is 0 Å². The molecule has 1 aliphatic heterocycles. The quantitative estimate of drug-likeness (QED) is 0.139. The molecule has 5 aromatic rings. The number of imidazole rings is 1. The van der Waals surface area contributed by atoms with E-state index < -0.39 is 5.60 Å². The highest BCUT2D eigenvalue weighted by molar-refractivity contribution is 6.35. The molecule has 0 N–H and O–H groups in total. The molecule has 0 saturated carbocycles. The fourth-order valence-electron chi connectivity index (χ4n) is 5.45. The normalized spacial score (nSPS) is 14.5. The zero-order valence-electron chi connectivity index (χ0n) is 26.0. The molecule has 0 spiro atoms. The van der Waals surface area contributed by atoms with Gasteiger partial charge in [-0.3, -0.25) is 4.90 Å². The molecule has 11 heteroatoms. The minimum absolute atomic E-state index is 0.0996. The van der Waals surface area contributed by atoms with Crippen LogP contribution in [0.4, 0.5) is 0 Å². The minimum atomic E-state index is -0.586. The highest BCUT2D eigenvalue weighted by atomic mass is 35.5. The number of aromatic nitrogens is 3. The van der Waals surface area contributed by atoms with E-state index in [1.165, 1.54) is 0 Å². The van der Waals surface area contributed by atoms with Gasteiger partial charge in [-0.05, 0) is 87.7 Å². The van der Waals surface area contributed by atoms with Crippen LogP contribution in [0.5, 0.6) is 11.5 Å². The smallest absolute Gasteiger partial charge is 0.338 e. The predicted octanol–water partition coefficient (Wildman–Crippen LogP) is 7.96. The van der Waals surface area contributed by atoms with Gasteiger partial charge in [0, 0.05) is 24.2 Å². The van der Waals surface area contributed by atoms with E-state index in [-0.39, 0.29) is 12.1 Å². The summed E-state index contributed by atoms with van der Waals surface area (Å²) in [5, 5.41) is 4.91. The summed E-state index contributed by atoms with van der Waals surface area (Å²) in [7, 11) is 0. The first-order valence-electron chi connectivity index (χ1n) is 15.3. The number of esters is 1. The molecule has 1 fully saturated rings. The molecule has 0 radical (unpaired) electrons. The zero-order chi connectivity index (χ0) is 32.3. The number of hydrogen-bond acceptors (Lipinski definition) is 8. The molecule has 0 atom stereocenters. The fraction of sp³-hybridized carbons (Fsp3) is 0.343. The molecule has 6 rings (SSSR count). The summed E-state index contributed by atoms with van der Waals surface area (Å²) < 4.78 is 25.4. The molecule has 0 unspecified atom stereocenters. The molecule has 0 aliphatic carbocycles. The molecule has 1 aliphatic rings. The van der Waals surface area contributed by atoms with Gasteiger partial charge in [0.05, 0.1) is 40.9 Å². The maximum Gasteiger partial charge on any atom is 0.338 e. The molecule has 2 aromatic heterocycles. The largest absolute Gasteiger partial charge is 0.490 e. The van der Waals surface area contributed by atoms with E-state index in [2.05, 4.69) is 14.6 Å². The third-order valence-corrected chi connectivity index (χ3v) is 8.19. The summed E-state index contributed by atoms with van der Waals surface area (Å²) in [4.78, 5) is 20.2.